The van der Waals surface area contributed by atoms with Gasteiger partial charge in [0.05, 0.1) is 65.1 Å². The van der Waals surface area contributed by atoms with Gasteiger partial charge in [-0.25, -0.2) is 37.0 Å². The standard InChI is InChI=1S/C68H64F4N12O7S2/c69-63-62(64(70)66(72)67(65(63)71)74-24-26-92-93-27-25-75-68(90)91-34-46-44-12-14-47-56(23-13-45(44)46)84(83-81-47)40-28-35(57(89)33-85)10-11-39(32-40)80-82-73)61-54-21-19-52(78-54)59(37-5-2-8-42(87)30-37)50-17-15-48(76-50)58(36-4-1-7-41(86)29-36)49-16-18-51(77-49)60(53-20-22-55(61)79-53)38-6-3-9-43(88)31-38/h1-9,15-22,29-31,35,39-40,44-46,57,74,76,79,85-89H,10-14,23-28,32-34H2,(H,75,90)/t35?,39?,40?,44-,45+,46+,57?/m0/s1. The summed E-state index contributed by atoms with van der Waals surface area (Å²) in [6, 6.07) is 26.0. The minimum absolute atomic E-state index is 0.0197. The Morgan fingerprint density at radius 1 is 0.677 bits per heavy atom. The number of hydrogen-bond acceptors (Lipinski definition) is 15. The van der Waals surface area contributed by atoms with Crippen molar-refractivity contribution in [1.82, 2.24) is 40.2 Å². The van der Waals surface area contributed by atoms with Crippen LogP contribution >= 0.6 is 21.6 Å². The van der Waals surface area contributed by atoms with Crippen LogP contribution in [0.4, 0.5) is 28.0 Å². The zero-order valence-electron chi connectivity index (χ0n) is 49.9. The van der Waals surface area contributed by atoms with E-state index in [0.29, 0.717) is 105 Å². The fraction of sp³-hybridized carbons (Fsp3) is 0.309. The van der Waals surface area contributed by atoms with Crippen LogP contribution < -0.4 is 10.6 Å². The van der Waals surface area contributed by atoms with E-state index in [-0.39, 0.29) is 95.7 Å². The summed E-state index contributed by atoms with van der Waals surface area (Å²) in [5.41, 5.74) is 14.5. The van der Waals surface area contributed by atoms with Crippen LogP contribution in [0, 0.1) is 46.9 Å². The largest absolute Gasteiger partial charge is 0.508 e. The summed E-state index contributed by atoms with van der Waals surface area (Å²) in [5.74, 6) is -5.30. The highest BCUT2D eigenvalue weighted by Gasteiger charge is 2.50. The predicted octanol–water partition coefficient (Wildman–Crippen LogP) is 14.3. The molecule has 2 fully saturated rings. The number of phenolic OH excluding ortho intramolecular Hbond substituents is 3. The van der Waals surface area contributed by atoms with E-state index < -0.39 is 46.7 Å². The summed E-state index contributed by atoms with van der Waals surface area (Å²) < 4.78 is 75.0. The Kier molecular flexibility index (Phi) is 18.2. The van der Waals surface area contributed by atoms with E-state index in [4.69, 9.17) is 14.7 Å². The van der Waals surface area contributed by atoms with Crippen molar-refractivity contribution >= 4 is 79.7 Å². The fourth-order valence-electron chi connectivity index (χ4n) is 13.7. The first kappa shape index (κ1) is 62.5. The van der Waals surface area contributed by atoms with Gasteiger partial charge in [-0.1, -0.05) is 68.3 Å². The van der Waals surface area contributed by atoms with Crippen LogP contribution in [0.3, 0.4) is 0 Å². The maximum Gasteiger partial charge on any atom is 0.407 e. The van der Waals surface area contributed by atoms with E-state index in [1.54, 1.807) is 72.8 Å². The molecule has 5 aliphatic rings. The average Bonchev–Trinajstić information content (AvgIpc) is 1.68. The lowest BCUT2D eigenvalue weighted by molar-refractivity contribution is 0.0361. The lowest BCUT2D eigenvalue weighted by Gasteiger charge is -2.25. The molecule has 1 amide bonds. The topological polar surface area (TPSA) is 288 Å². The highest BCUT2D eigenvalue weighted by atomic mass is 33.1. The monoisotopic (exact) mass is 1300 g/mol. The Bertz CT molecular complexity index is 4420. The second kappa shape index (κ2) is 27.1. The van der Waals surface area contributed by atoms with Crippen molar-refractivity contribution in [3.05, 3.63) is 165 Å². The van der Waals surface area contributed by atoms with Gasteiger partial charge in [0.1, 0.15) is 22.9 Å². The summed E-state index contributed by atoms with van der Waals surface area (Å²) >= 11 is 0. The summed E-state index contributed by atoms with van der Waals surface area (Å²) in [5, 5.41) is 71.0. The van der Waals surface area contributed by atoms with E-state index in [9.17, 15) is 35.9 Å². The number of aryl methyl sites for hydroxylation is 1. The van der Waals surface area contributed by atoms with E-state index >= 15 is 17.6 Å². The van der Waals surface area contributed by atoms with Crippen LogP contribution in [0.15, 0.2) is 102 Å². The number of carbonyl (C=O) groups excluding carboxylic acids is 1. The number of azide groups is 1. The number of aliphatic hydroxyl groups is 2. The van der Waals surface area contributed by atoms with Gasteiger partial charge in [-0.3, -0.25) is 0 Å². The highest BCUT2D eigenvalue weighted by molar-refractivity contribution is 8.76. The molecule has 25 heteroatoms. The van der Waals surface area contributed by atoms with Crippen molar-refractivity contribution < 1.29 is 52.6 Å². The van der Waals surface area contributed by atoms with Crippen LogP contribution in [0.1, 0.15) is 78.7 Å². The molecule has 0 spiro atoms. The van der Waals surface area contributed by atoms with Gasteiger partial charge >= 0.3 is 6.09 Å². The SMILES string of the molecule is [N-]=[N+]=NC1CCC(C(O)CO)CC(n2nnc3c2CC[C@@H]2[C@H](CC3)[C@H]2COC(=O)NCCSSCCNc2c(F)c(F)c(-c3c4nc(c(-c5cccc(O)c5)c5ccc([nH]5)c(-c5cccc(O)c5)c5nc(c(-c6cccc(O)c6)c6ccc3[nH]6)C=C5)C=C4)c(F)c2F)C1. The fourth-order valence-corrected chi connectivity index (χ4v) is 15.5. The molecule has 2 saturated carbocycles. The van der Waals surface area contributed by atoms with Gasteiger partial charge in [-0.05, 0) is 182 Å². The molecule has 7 atom stereocenters. The number of halogens is 4. The van der Waals surface area contributed by atoms with E-state index in [2.05, 4.69) is 40.9 Å². The summed E-state index contributed by atoms with van der Waals surface area (Å²) in [4.78, 5) is 32.7. The molecule has 6 heterocycles. The number of aromatic hydroxyl groups is 3. The number of amides is 1. The Morgan fingerprint density at radius 3 is 1.72 bits per heavy atom. The number of nitrogens with zero attached hydrogens (tertiary/aromatic N) is 8. The molecule has 93 heavy (non-hydrogen) atoms. The van der Waals surface area contributed by atoms with Crippen LogP contribution in [0.5, 0.6) is 17.2 Å². The number of ether oxygens (including phenoxy) is 1. The molecule has 0 radical (unpaired) electrons. The molecule has 19 nitrogen and oxygen atoms in total. The smallest absolute Gasteiger partial charge is 0.407 e. The van der Waals surface area contributed by atoms with Crippen molar-refractivity contribution in [3.63, 3.8) is 0 Å². The number of aromatic nitrogens is 7. The maximum atomic E-state index is 17.1. The third-order valence-electron chi connectivity index (χ3n) is 18.2. The Morgan fingerprint density at radius 2 is 1.19 bits per heavy atom. The second-order valence-corrected chi connectivity index (χ2v) is 26.5. The van der Waals surface area contributed by atoms with Crippen LogP contribution in [0.25, 0.3) is 101 Å². The Hall–Kier alpha value is -9.26. The highest BCUT2D eigenvalue weighted by Crippen LogP contribution is 2.53. The van der Waals surface area contributed by atoms with Gasteiger partial charge in [0.2, 0.25) is 0 Å². The first-order chi connectivity index (χ1) is 45.2. The molecule has 8 aromatic rings. The van der Waals surface area contributed by atoms with Crippen molar-refractivity contribution in [2.45, 2.75) is 69.6 Å². The Labute approximate surface area is 538 Å². The van der Waals surface area contributed by atoms with Crippen LogP contribution in [-0.2, 0) is 17.6 Å². The quantitative estimate of drug-likeness (QED) is 0.00565. The van der Waals surface area contributed by atoms with Crippen LogP contribution in [0.2, 0.25) is 0 Å². The molecular weight excluding hydrogens is 1240 g/mol. The van der Waals surface area contributed by atoms with E-state index in [0.717, 1.165) is 37.1 Å². The number of carbonyl (C=O) groups is 1. The van der Waals surface area contributed by atoms with Crippen molar-refractivity contribution in [3.8, 4) is 61.8 Å². The minimum atomic E-state index is -1.68. The van der Waals surface area contributed by atoms with Gasteiger partial charge in [0.15, 0.2) is 23.3 Å². The second-order valence-electron chi connectivity index (χ2n) is 23.8. The number of rotatable bonds is 18. The third-order valence-corrected chi connectivity index (χ3v) is 20.6. The summed E-state index contributed by atoms with van der Waals surface area (Å²) in [6.07, 6.45) is 10.8. The molecule has 478 valence electrons. The van der Waals surface area contributed by atoms with Crippen molar-refractivity contribution in [2.24, 2.45) is 28.8 Å². The average molecular weight is 1300 g/mol. The maximum absolute atomic E-state index is 17.1. The number of H-pyrrole nitrogens is 2. The molecule has 13 rings (SSSR count). The number of aliphatic hydroxyl groups excluding tert-OH is 2. The van der Waals surface area contributed by atoms with Gasteiger partial charge in [0, 0.05) is 79.9 Å². The zero-order valence-corrected chi connectivity index (χ0v) is 51.6. The summed E-state index contributed by atoms with van der Waals surface area (Å²) in [7, 11) is 2.70. The molecule has 0 saturated heterocycles. The molecule has 4 unspecified atom stereocenters. The number of nitrogens with one attached hydrogen (secondary N) is 4. The first-order valence-corrected chi connectivity index (χ1v) is 33.3. The van der Waals surface area contributed by atoms with E-state index in [1.165, 1.54) is 58.0 Å². The molecule has 4 aromatic heterocycles. The molecule has 2 aliphatic heterocycles. The third kappa shape index (κ3) is 13.0. The molecule has 8 bridgehead atoms. The van der Waals surface area contributed by atoms with Crippen LogP contribution in [-0.4, -0.2) is 117 Å². The normalized spacial score (nSPS) is 19.3. The Balaban J connectivity index is 0.700. The van der Waals surface area contributed by atoms with Gasteiger partial charge in [-0.15, -0.1) is 5.10 Å². The van der Waals surface area contributed by atoms with E-state index in [1.807, 2.05) is 16.8 Å². The number of phenols is 3. The number of hydrogen-bond donors (Lipinski definition) is 9. The predicted molar refractivity (Wildman–Crippen MR) is 352 cm³/mol. The molecular formula is C68H64F4N12O7S2. The lowest BCUT2D eigenvalue weighted by Crippen LogP contribution is -2.27. The number of alkyl carbamates (subject to hydrolysis) is 1. The minimum Gasteiger partial charge on any atom is -0.508 e. The summed E-state index contributed by atoms with van der Waals surface area (Å²) in [6.45, 7) is 0.0970. The molecule has 3 aliphatic carbocycles. The molecule has 9 N–H and O–H groups in total. The number of aromatic amines is 2. The van der Waals surface area contributed by atoms with Gasteiger partial charge in [0.25, 0.3) is 0 Å². The van der Waals surface area contributed by atoms with Crippen molar-refractivity contribution in [1.29, 1.82) is 0 Å². The number of anilines is 1. The van der Waals surface area contributed by atoms with Crippen molar-refractivity contribution in [2.75, 3.05) is 43.1 Å². The number of fused-ring (bicyclic) bond motifs is 10. The molecule has 4 aromatic carbocycles. The van der Waals surface area contributed by atoms with Gasteiger partial charge < -0.3 is 50.9 Å². The van der Waals surface area contributed by atoms with Gasteiger partial charge in [-0.2, -0.15) is 0 Å². The first-order valence-electron chi connectivity index (χ1n) is 30.8. The lowest BCUT2D eigenvalue weighted by atomic mass is 9.92. The zero-order chi connectivity index (χ0) is 64.4. The number of benzene rings is 4.